The molecule has 0 bridgehead atoms. The number of ketones is 1. The lowest BCUT2D eigenvalue weighted by molar-refractivity contribution is 0.104. The number of carbonyl (C=O) groups excluding carboxylic acids is 1. The molecule has 1 aromatic heterocycles. The molecule has 1 aliphatic carbocycles. The first-order chi connectivity index (χ1) is 11.6. The highest BCUT2D eigenvalue weighted by molar-refractivity contribution is 6.24. The second-order valence-corrected chi connectivity index (χ2v) is 6.33. The van der Waals surface area contributed by atoms with Gasteiger partial charge in [-0.3, -0.25) is 4.79 Å². The Bertz CT molecular complexity index is 1090. The van der Waals surface area contributed by atoms with Crippen LogP contribution in [0.1, 0.15) is 33.3 Å². The van der Waals surface area contributed by atoms with Gasteiger partial charge in [0.2, 0.25) is 0 Å². The summed E-state index contributed by atoms with van der Waals surface area (Å²) in [6, 6.07) is 9.76. The molecule has 2 aliphatic rings. The molecule has 24 heavy (non-hydrogen) atoms. The monoisotopic (exact) mass is 317 g/mol. The van der Waals surface area contributed by atoms with Gasteiger partial charge in [0, 0.05) is 10.9 Å². The molecule has 0 spiro atoms. The first-order valence-corrected chi connectivity index (χ1v) is 7.88. The van der Waals surface area contributed by atoms with E-state index in [4.69, 9.17) is 4.74 Å². The van der Waals surface area contributed by atoms with E-state index in [1.54, 1.807) is 13.2 Å². The predicted octanol–water partition coefficient (Wildman–Crippen LogP) is 3.69. The number of aliphatic hydroxyl groups is 1. The van der Waals surface area contributed by atoms with Crippen LogP contribution >= 0.6 is 0 Å². The Morgan fingerprint density at radius 2 is 2.04 bits per heavy atom. The Balaban J connectivity index is 2.00. The largest absolute Gasteiger partial charge is 0.496 e. The van der Waals surface area contributed by atoms with Crippen molar-refractivity contribution in [3.05, 3.63) is 58.7 Å². The molecule has 0 saturated heterocycles. The average Bonchev–Trinajstić information content (AvgIpc) is 3.06. The van der Waals surface area contributed by atoms with Crippen LogP contribution in [0.3, 0.4) is 0 Å². The molecule has 0 unspecified atom stereocenters. The summed E-state index contributed by atoms with van der Waals surface area (Å²) in [4.78, 5) is 12.6. The SMILES string of the molecule is COc1cccc2c1[C@H](O)n1c-2c2c3c(cc(C)cc31)C=CC2=O. The maximum Gasteiger partial charge on any atom is 0.188 e. The highest BCUT2D eigenvalue weighted by atomic mass is 16.5. The van der Waals surface area contributed by atoms with Crippen molar-refractivity contribution < 1.29 is 14.6 Å². The number of aliphatic hydroxyl groups excluding tert-OH is 1. The summed E-state index contributed by atoms with van der Waals surface area (Å²) in [6.07, 6.45) is 2.62. The summed E-state index contributed by atoms with van der Waals surface area (Å²) in [5.74, 6) is 0.615. The van der Waals surface area contributed by atoms with Crippen molar-refractivity contribution in [1.29, 1.82) is 0 Å². The van der Waals surface area contributed by atoms with Crippen molar-refractivity contribution >= 4 is 22.8 Å². The smallest absolute Gasteiger partial charge is 0.188 e. The van der Waals surface area contributed by atoms with Gasteiger partial charge in [-0.15, -0.1) is 0 Å². The van der Waals surface area contributed by atoms with Crippen LogP contribution in [0.25, 0.3) is 28.2 Å². The van der Waals surface area contributed by atoms with Crippen molar-refractivity contribution in [2.45, 2.75) is 13.2 Å². The van der Waals surface area contributed by atoms with Crippen LogP contribution in [0, 0.1) is 6.92 Å². The number of hydrogen-bond acceptors (Lipinski definition) is 3. The molecule has 3 aromatic rings. The van der Waals surface area contributed by atoms with E-state index in [1.807, 2.05) is 41.8 Å². The second kappa shape index (κ2) is 4.36. The molecule has 1 atom stereocenters. The summed E-state index contributed by atoms with van der Waals surface area (Å²) in [6.45, 7) is 2.02. The molecule has 1 N–H and O–H groups in total. The Morgan fingerprint density at radius 3 is 2.83 bits per heavy atom. The number of allylic oxidation sites excluding steroid dienone is 1. The fraction of sp³-hybridized carbons (Fsp3) is 0.150. The van der Waals surface area contributed by atoms with Crippen LogP contribution in [-0.4, -0.2) is 22.6 Å². The van der Waals surface area contributed by atoms with Crippen LogP contribution in [0.4, 0.5) is 0 Å². The lowest BCUT2D eigenvalue weighted by atomic mass is 9.92. The number of ether oxygens (including phenoxy) is 1. The fourth-order valence-corrected chi connectivity index (χ4v) is 4.08. The normalized spacial score (nSPS) is 17.3. The third-order valence-electron chi connectivity index (χ3n) is 4.98. The maximum absolute atomic E-state index is 12.6. The van der Waals surface area contributed by atoms with Gasteiger partial charge in [-0.25, -0.2) is 0 Å². The molecular weight excluding hydrogens is 302 g/mol. The average molecular weight is 317 g/mol. The van der Waals surface area contributed by atoms with E-state index in [9.17, 15) is 9.90 Å². The first-order valence-electron chi connectivity index (χ1n) is 7.88. The van der Waals surface area contributed by atoms with E-state index in [1.165, 1.54) is 0 Å². The van der Waals surface area contributed by atoms with E-state index in [-0.39, 0.29) is 5.78 Å². The van der Waals surface area contributed by atoms with E-state index in [0.717, 1.165) is 38.9 Å². The number of nitrogens with zero attached hydrogens (tertiary/aromatic N) is 1. The highest BCUT2D eigenvalue weighted by Crippen LogP contribution is 2.50. The fourth-order valence-electron chi connectivity index (χ4n) is 4.08. The van der Waals surface area contributed by atoms with Gasteiger partial charge in [-0.1, -0.05) is 24.3 Å². The first kappa shape index (κ1) is 13.6. The molecule has 2 heterocycles. The van der Waals surface area contributed by atoms with Crippen LogP contribution in [0.15, 0.2) is 36.4 Å². The van der Waals surface area contributed by atoms with Crippen molar-refractivity contribution in [3.8, 4) is 17.0 Å². The minimum atomic E-state index is -0.858. The highest BCUT2D eigenvalue weighted by Gasteiger charge is 2.37. The molecule has 5 rings (SSSR count). The molecule has 0 saturated carbocycles. The number of aromatic nitrogens is 1. The van der Waals surface area contributed by atoms with Gasteiger partial charge >= 0.3 is 0 Å². The van der Waals surface area contributed by atoms with E-state index in [2.05, 4.69) is 6.07 Å². The molecule has 1 aliphatic heterocycles. The molecule has 2 aromatic carbocycles. The number of hydrogen-bond donors (Lipinski definition) is 1. The zero-order chi connectivity index (χ0) is 16.6. The molecule has 4 nitrogen and oxygen atoms in total. The van der Waals surface area contributed by atoms with Crippen LogP contribution < -0.4 is 4.74 Å². The Labute approximate surface area is 138 Å². The standard InChI is InChI=1S/C20H15NO3/c1-10-8-11-6-7-14(22)18-16(11)13(9-10)21-19(18)12-4-3-5-15(24-2)17(12)20(21)23/h3-9,20,23H,1-2H3/t20-/m0/s1. The number of fused-ring (bicyclic) bond motifs is 5. The third-order valence-corrected chi connectivity index (χ3v) is 4.98. The van der Waals surface area contributed by atoms with Gasteiger partial charge in [-0.2, -0.15) is 0 Å². The van der Waals surface area contributed by atoms with Crippen LogP contribution in [0.5, 0.6) is 5.75 Å². The molecule has 0 fully saturated rings. The number of aryl methyl sites for hydroxylation is 1. The van der Waals surface area contributed by atoms with Crippen molar-refractivity contribution in [2.24, 2.45) is 0 Å². The molecule has 0 amide bonds. The molecule has 4 heteroatoms. The predicted molar refractivity (Wildman–Crippen MR) is 92.4 cm³/mol. The van der Waals surface area contributed by atoms with Crippen LogP contribution in [-0.2, 0) is 0 Å². The number of benzene rings is 2. The quantitative estimate of drug-likeness (QED) is 0.745. The van der Waals surface area contributed by atoms with Gasteiger partial charge < -0.3 is 14.4 Å². The lowest BCUT2D eigenvalue weighted by Gasteiger charge is -2.14. The summed E-state index contributed by atoms with van der Waals surface area (Å²) >= 11 is 0. The second-order valence-electron chi connectivity index (χ2n) is 6.33. The number of methoxy groups -OCH3 is 1. The van der Waals surface area contributed by atoms with Crippen LogP contribution in [0.2, 0.25) is 0 Å². The Morgan fingerprint density at radius 1 is 1.21 bits per heavy atom. The minimum absolute atomic E-state index is 0.0204. The van der Waals surface area contributed by atoms with E-state index < -0.39 is 6.23 Å². The summed E-state index contributed by atoms with van der Waals surface area (Å²) in [5, 5.41) is 11.9. The third kappa shape index (κ3) is 1.44. The van der Waals surface area contributed by atoms with Gasteiger partial charge in [0.15, 0.2) is 12.0 Å². The summed E-state index contributed by atoms with van der Waals surface area (Å²) < 4.78 is 7.29. The van der Waals surface area contributed by atoms with Crippen molar-refractivity contribution in [2.75, 3.05) is 7.11 Å². The van der Waals surface area contributed by atoms with E-state index >= 15 is 0 Å². The number of rotatable bonds is 1. The van der Waals surface area contributed by atoms with Crippen molar-refractivity contribution in [3.63, 3.8) is 0 Å². The van der Waals surface area contributed by atoms with Gasteiger partial charge in [-0.05, 0) is 36.3 Å². The molecular formula is C20H15NO3. The Kier molecular flexibility index (Phi) is 2.47. The summed E-state index contributed by atoms with van der Waals surface area (Å²) in [5.41, 5.74) is 6.05. The van der Waals surface area contributed by atoms with Crippen molar-refractivity contribution in [1.82, 2.24) is 4.57 Å². The minimum Gasteiger partial charge on any atom is -0.496 e. The number of carbonyl (C=O) groups is 1. The Hall–Kier alpha value is -2.85. The van der Waals surface area contributed by atoms with Gasteiger partial charge in [0.05, 0.1) is 29.4 Å². The lowest BCUT2D eigenvalue weighted by Crippen LogP contribution is -2.05. The zero-order valence-electron chi connectivity index (χ0n) is 13.3. The zero-order valence-corrected chi connectivity index (χ0v) is 13.3. The van der Waals surface area contributed by atoms with E-state index in [0.29, 0.717) is 11.3 Å². The molecule has 118 valence electrons. The summed E-state index contributed by atoms with van der Waals surface area (Å²) in [7, 11) is 1.59. The topological polar surface area (TPSA) is 51.5 Å². The van der Waals surface area contributed by atoms with Gasteiger partial charge in [0.25, 0.3) is 0 Å². The van der Waals surface area contributed by atoms with Gasteiger partial charge in [0.1, 0.15) is 5.75 Å². The molecule has 0 radical (unpaired) electrons. The maximum atomic E-state index is 12.6.